The van der Waals surface area contributed by atoms with Gasteiger partial charge in [0.25, 0.3) is 0 Å². The van der Waals surface area contributed by atoms with Gasteiger partial charge in [0.1, 0.15) is 0 Å². The van der Waals surface area contributed by atoms with Crippen molar-refractivity contribution in [3.63, 3.8) is 0 Å². The van der Waals surface area contributed by atoms with Crippen molar-refractivity contribution in [2.75, 3.05) is 6.61 Å². The predicted molar refractivity (Wildman–Crippen MR) is 159 cm³/mol. The van der Waals surface area contributed by atoms with Gasteiger partial charge in [-0.15, -0.1) is 0 Å². The highest BCUT2D eigenvalue weighted by Gasteiger charge is 2.57. The minimum Gasteiger partial charge on any atom is -0.465 e. The van der Waals surface area contributed by atoms with Gasteiger partial charge in [-0.05, 0) is 68.6 Å². The average Bonchev–Trinajstić information content (AvgIpc) is 2.95. The Kier molecular flexibility index (Phi) is 14.4. The second-order valence-electron chi connectivity index (χ2n) is 13.6. The van der Waals surface area contributed by atoms with Crippen LogP contribution in [0.25, 0.3) is 0 Å². The van der Waals surface area contributed by atoms with Gasteiger partial charge in [0, 0.05) is 0 Å². The van der Waals surface area contributed by atoms with Crippen LogP contribution in [0.5, 0.6) is 0 Å². The third kappa shape index (κ3) is 8.99. The summed E-state index contributed by atoms with van der Waals surface area (Å²) in [5, 5.41) is 0. The van der Waals surface area contributed by atoms with Gasteiger partial charge in [-0.25, -0.2) is 0 Å². The van der Waals surface area contributed by atoms with Gasteiger partial charge in [-0.1, -0.05) is 136 Å². The monoisotopic (exact) mass is 516 g/mol. The van der Waals surface area contributed by atoms with Crippen LogP contribution < -0.4 is 0 Å². The fourth-order valence-electron chi connectivity index (χ4n) is 8.77. The van der Waals surface area contributed by atoms with Crippen molar-refractivity contribution in [3.8, 4) is 0 Å². The first-order chi connectivity index (χ1) is 18.2. The fraction of sp³-hybridized carbons (Fsp3) is 0.971. The number of carbonyl (C=O) groups excluding carboxylic acids is 1. The van der Waals surface area contributed by atoms with E-state index in [-0.39, 0.29) is 16.8 Å². The van der Waals surface area contributed by atoms with Gasteiger partial charge in [0.05, 0.1) is 12.0 Å². The van der Waals surface area contributed by atoms with E-state index in [1.54, 1.807) is 0 Å². The standard InChI is InChI=1S/C35H64O2/c1-3-5-7-9-10-11-12-17-25-34(28-23-32(24-29-34)31-21-15-13-16-22-31)35(26-18-14-19-27-35)33(36)37-30-20-8-6-4-2/h31-32H,3-30H2,1-2H3. The maximum absolute atomic E-state index is 14.1. The largest absolute Gasteiger partial charge is 0.465 e. The lowest BCUT2D eigenvalue weighted by molar-refractivity contribution is -0.175. The highest BCUT2D eigenvalue weighted by atomic mass is 16.5. The second-order valence-corrected chi connectivity index (χ2v) is 13.6. The molecule has 0 radical (unpaired) electrons. The summed E-state index contributed by atoms with van der Waals surface area (Å²) in [5.41, 5.74) is 0.0238. The maximum Gasteiger partial charge on any atom is 0.312 e. The van der Waals surface area contributed by atoms with Gasteiger partial charge in [0.2, 0.25) is 0 Å². The van der Waals surface area contributed by atoms with Crippen molar-refractivity contribution < 1.29 is 9.53 Å². The number of rotatable bonds is 17. The van der Waals surface area contributed by atoms with E-state index in [2.05, 4.69) is 13.8 Å². The summed E-state index contributed by atoms with van der Waals surface area (Å²) in [6.45, 7) is 5.21. The van der Waals surface area contributed by atoms with Crippen molar-refractivity contribution >= 4 is 5.97 Å². The smallest absolute Gasteiger partial charge is 0.312 e. The van der Waals surface area contributed by atoms with E-state index < -0.39 is 0 Å². The van der Waals surface area contributed by atoms with Gasteiger partial charge in [-0.2, -0.15) is 0 Å². The van der Waals surface area contributed by atoms with E-state index in [9.17, 15) is 4.79 Å². The van der Waals surface area contributed by atoms with Crippen LogP contribution in [0.15, 0.2) is 0 Å². The Morgan fingerprint density at radius 2 is 1.11 bits per heavy atom. The molecule has 3 aliphatic rings. The second kappa shape index (κ2) is 17.2. The van der Waals surface area contributed by atoms with E-state index in [1.807, 2.05) is 0 Å². The number of unbranched alkanes of at least 4 members (excludes halogenated alkanes) is 10. The molecule has 0 aliphatic heterocycles. The minimum atomic E-state index is -0.186. The first-order valence-electron chi connectivity index (χ1n) is 17.3. The van der Waals surface area contributed by atoms with E-state index >= 15 is 0 Å². The lowest BCUT2D eigenvalue weighted by Gasteiger charge is -2.55. The Morgan fingerprint density at radius 1 is 0.595 bits per heavy atom. The van der Waals surface area contributed by atoms with E-state index in [4.69, 9.17) is 4.74 Å². The van der Waals surface area contributed by atoms with Crippen LogP contribution in [-0.4, -0.2) is 12.6 Å². The van der Waals surface area contributed by atoms with Crippen molar-refractivity contribution in [1.29, 1.82) is 0 Å². The summed E-state index contributed by atoms with van der Waals surface area (Å²) in [6.07, 6.45) is 35.7. The molecule has 0 atom stereocenters. The Morgan fingerprint density at radius 3 is 1.73 bits per heavy atom. The van der Waals surface area contributed by atoms with Gasteiger partial charge < -0.3 is 4.74 Å². The van der Waals surface area contributed by atoms with Crippen LogP contribution in [0.2, 0.25) is 0 Å². The summed E-state index contributed by atoms with van der Waals surface area (Å²) in [4.78, 5) is 14.1. The molecule has 3 rings (SSSR count). The van der Waals surface area contributed by atoms with Crippen LogP contribution in [0.3, 0.4) is 0 Å². The van der Waals surface area contributed by atoms with Crippen molar-refractivity contribution in [2.24, 2.45) is 22.7 Å². The van der Waals surface area contributed by atoms with Crippen LogP contribution in [0.1, 0.15) is 187 Å². The molecule has 2 heteroatoms. The molecule has 0 unspecified atom stereocenters. The van der Waals surface area contributed by atoms with Crippen molar-refractivity contribution in [2.45, 2.75) is 187 Å². The Balaban J connectivity index is 1.66. The minimum absolute atomic E-state index is 0.186. The molecule has 0 aromatic rings. The van der Waals surface area contributed by atoms with E-state index in [1.165, 1.54) is 154 Å². The van der Waals surface area contributed by atoms with Gasteiger partial charge in [0.15, 0.2) is 0 Å². The van der Waals surface area contributed by atoms with E-state index in [0.29, 0.717) is 6.61 Å². The van der Waals surface area contributed by atoms with E-state index in [0.717, 1.165) is 31.1 Å². The van der Waals surface area contributed by atoms with Crippen molar-refractivity contribution in [3.05, 3.63) is 0 Å². The number of esters is 1. The first kappa shape index (κ1) is 31.0. The summed E-state index contributed by atoms with van der Waals surface area (Å²) >= 11 is 0. The third-order valence-corrected chi connectivity index (χ3v) is 11.2. The molecule has 0 spiro atoms. The molecule has 3 saturated carbocycles. The normalized spacial score (nSPS) is 26.7. The topological polar surface area (TPSA) is 26.3 Å². The lowest BCUT2D eigenvalue weighted by Crippen LogP contribution is -2.52. The third-order valence-electron chi connectivity index (χ3n) is 11.2. The van der Waals surface area contributed by atoms with Gasteiger partial charge in [-0.3, -0.25) is 4.79 Å². The quantitative estimate of drug-likeness (QED) is 0.142. The Labute approximate surface area is 231 Å². The predicted octanol–water partition coefficient (Wildman–Crippen LogP) is 11.3. The lowest BCUT2D eigenvalue weighted by atomic mass is 9.49. The molecule has 0 bridgehead atoms. The van der Waals surface area contributed by atoms with Crippen LogP contribution in [-0.2, 0) is 9.53 Å². The molecule has 3 fully saturated rings. The molecule has 2 nitrogen and oxygen atoms in total. The number of carbonyl (C=O) groups is 1. The summed E-state index contributed by atoms with van der Waals surface area (Å²) in [5.74, 6) is 2.12. The fourth-order valence-corrected chi connectivity index (χ4v) is 8.77. The molecule has 0 amide bonds. The SMILES string of the molecule is CCCCCCCCCCC1(C2(C(=O)OCCCCCC)CCCCC2)CCC(C2CCCCC2)CC1. The number of hydrogen-bond acceptors (Lipinski definition) is 2. The number of hydrogen-bond donors (Lipinski definition) is 0. The highest BCUT2D eigenvalue weighted by Crippen LogP contribution is 2.61. The Bertz CT molecular complexity index is 590. The first-order valence-corrected chi connectivity index (χ1v) is 17.3. The molecule has 216 valence electrons. The average molecular weight is 517 g/mol. The molecular formula is C35H64O2. The van der Waals surface area contributed by atoms with Crippen LogP contribution in [0, 0.1) is 22.7 Å². The molecule has 0 N–H and O–H groups in total. The summed E-state index contributed by atoms with van der Waals surface area (Å²) < 4.78 is 6.20. The molecular weight excluding hydrogens is 452 g/mol. The maximum atomic E-state index is 14.1. The van der Waals surface area contributed by atoms with Crippen LogP contribution in [0.4, 0.5) is 0 Å². The summed E-state index contributed by atoms with van der Waals surface area (Å²) in [6, 6.07) is 0. The molecule has 3 aliphatic carbocycles. The Hall–Kier alpha value is -0.530. The summed E-state index contributed by atoms with van der Waals surface area (Å²) in [7, 11) is 0. The zero-order valence-electron chi connectivity index (χ0n) is 25.3. The van der Waals surface area contributed by atoms with Gasteiger partial charge >= 0.3 is 5.97 Å². The molecule has 0 saturated heterocycles. The zero-order valence-corrected chi connectivity index (χ0v) is 25.3. The molecule has 37 heavy (non-hydrogen) atoms. The molecule has 0 aromatic heterocycles. The highest BCUT2D eigenvalue weighted by molar-refractivity contribution is 5.78. The van der Waals surface area contributed by atoms with Crippen molar-refractivity contribution in [1.82, 2.24) is 0 Å². The van der Waals surface area contributed by atoms with Crippen LogP contribution >= 0.6 is 0 Å². The molecule has 0 heterocycles. The number of ether oxygens (including phenoxy) is 1. The molecule has 0 aromatic carbocycles. The zero-order chi connectivity index (χ0) is 26.2.